The van der Waals surface area contributed by atoms with Gasteiger partial charge in [0.1, 0.15) is 5.01 Å². The van der Waals surface area contributed by atoms with Crippen molar-refractivity contribution in [3.8, 4) is 0 Å². The Morgan fingerprint density at radius 1 is 1.39 bits per heavy atom. The molecule has 6 nitrogen and oxygen atoms in total. The molecule has 2 aromatic rings. The highest BCUT2D eigenvalue weighted by atomic mass is 79.9. The van der Waals surface area contributed by atoms with E-state index in [0.717, 1.165) is 0 Å². The van der Waals surface area contributed by atoms with Crippen LogP contribution in [0.1, 0.15) is 5.01 Å². The van der Waals surface area contributed by atoms with Gasteiger partial charge in [0, 0.05) is 10.2 Å². The molecule has 3 N–H and O–H groups in total. The number of hydrogen-bond acceptors (Lipinski definition) is 6. The molecule has 0 amide bonds. The first-order valence-corrected chi connectivity index (χ1v) is 7.86. The number of aryl methyl sites for hydroxylation is 1. The molecule has 0 atom stereocenters. The van der Waals surface area contributed by atoms with Crippen molar-refractivity contribution in [1.82, 2.24) is 10.2 Å². The second-order valence-electron chi connectivity index (χ2n) is 3.42. The number of nitrogens with zero attached hydrogens (tertiary/aromatic N) is 2. The number of rotatable bonds is 3. The minimum Gasteiger partial charge on any atom is -0.398 e. The molecule has 96 valence electrons. The van der Waals surface area contributed by atoms with Gasteiger partial charge < -0.3 is 5.73 Å². The van der Waals surface area contributed by atoms with Gasteiger partial charge in [-0.2, -0.15) is 0 Å². The van der Waals surface area contributed by atoms with Crippen molar-refractivity contribution in [1.29, 1.82) is 0 Å². The highest BCUT2D eigenvalue weighted by Gasteiger charge is 2.17. The van der Waals surface area contributed by atoms with E-state index in [4.69, 9.17) is 5.73 Å². The molecule has 0 aliphatic carbocycles. The molecule has 1 heterocycles. The van der Waals surface area contributed by atoms with E-state index in [1.807, 2.05) is 0 Å². The first kappa shape index (κ1) is 13.2. The lowest BCUT2D eigenvalue weighted by Gasteiger charge is -2.06. The largest absolute Gasteiger partial charge is 0.398 e. The minimum atomic E-state index is -3.67. The van der Waals surface area contributed by atoms with E-state index < -0.39 is 10.0 Å². The highest BCUT2D eigenvalue weighted by molar-refractivity contribution is 9.10. The molecule has 0 unspecified atom stereocenters. The number of anilines is 2. The number of benzene rings is 1. The van der Waals surface area contributed by atoms with Crippen molar-refractivity contribution in [2.45, 2.75) is 11.8 Å². The maximum Gasteiger partial charge on any atom is 0.263 e. The van der Waals surface area contributed by atoms with E-state index in [0.29, 0.717) is 15.2 Å². The van der Waals surface area contributed by atoms with Gasteiger partial charge in [-0.15, -0.1) is 10.2 Å². The summed E-state index contributed by atoms with van der Waals surface area (Å²) in [6.07, 6.45) is 0. The summed E-state index contributed by atoms with van der Waals surface area (Å²) in [4.78, 5) is 0.108. The molecule has 0 spiro atoms. The van der Waals surface area contributed by atoms with Crippen LogP contribution in [0.4, 0.5) is 10.8 Å². The van der Waals surface area contributed by atoms with E-state index >= 15 is 0 Å². The first-order valence-electron chi connectivity index (χ1n) is 4.76. The third-order valence-corrected chi connectivity index (χ3v) is 4.94. The van der Waals surface area contributed by atoms with E-state index in [-0.39, 0.29) is 10.0 Å². The highest BCUT2D eigenvalue weighted by Crippen LogP contribution is 2.25. The van der Waals surface area contributed by atoms with Gasteiger partial charge in [0.15, 0.2) is 0 Å². The Kier molecular flexibility index (Phi) is 3.55. The molecule has 1 aromatic carbocycles. The van der Waals surface area contributed by atoms with Crippen LogP contribution in [-0.2, 0) is 10.0 Å². The fourth-order valence-corrected chi connectivity index (χ4v) is 3.56. The molecule has 9 heteroatoms. The average molecular weight is 349 g/mol. The van der Waals surface area contributed by atoms with E-state index in [1.54, 1.807) is 6.92 Å². The van der Waals surface area contributed by atoms with Crippen LogP contribution in [0.3, 0.4) is 0 Å². The van der Waals surface area contributed by atoms with E-state index in [1.165, 1.54) is 29.5 Å². The summed E-state index contributed by atoms with van der Waals surface area (Å²) < 4.78 is 27.0. The number of sulfonamides is 1. The van der Waals surface area contributed by atoms with Crippen molar-refractivity contribution in [2.24, 2.45) is 0 Å². The first-order chi connectivity index (χ1) is 8.38. The zero-order valence-electron chi connectivity index (χ0n) is 9.21. The third-order valence-electron chi connectivity index (χ3n) is 2.03. The normalized spacial score (nSPS) is 11.4. The quantitative estimate of drug-likeness (QED) is 0.826. The van der Waals surface area contributed by atoms with Gasteiger partial charge in [0.2, 0.25) is 5.13 Å². The molecular formula is C9H9BrN4O2S2. The lowest BCUT2D eigenvalue weighted by molar-refractivity contribution is 0.601. The Bertz CT molecular complexity index is 684. The van der Waals surface area contributed by atoms with Crippen LogP contribution >= 0.6 is 27.3 Å². The monoisotopic (exact) mass is 348 g/mol. The summed E-state index contributed by atoms with van der Waals surface area (Å²) in [5.41, 5.74) is 6.08. The smallest absolute Gasteiger partial charge is 0.263 e. The molecular weight excluding hydrogens is 340 g/mol. The van der Waals surface area contributed by atoms with E-state index in [2.05, 4.69) is 30.8 Å². The van der Waals surface area contributed by atoms with Gasteiger partial charge in [0.05, 0.1) is 4.90 Å². The lowest BCUT2D eigenvalue weighted by atomic mass is 10.3. The van der Waals surface area contributed by atoms with Gasteiger partial charge in [-0.3, -0.25) is 4.72 Å². The van der Waals surface area contributed by atoms with Crippen LogP contribution in [-0.4, -0.2) is 18.6 Å². The zero-order chi connectivity index (χ0) is 13.3. The van der Waals surface area contributed by atoms with Crippen LogP contribution in [0.2, 0.25) is 0 Å². The van der Waals surface area contributed by atoms with Gasteiger partial charge in [-0.25, -0.2) is 8.42 Å². The van der Waals surface area contributed by atoms with Crippen molar-refractivity contribution in [3.63, 3.8) is 0 Å². The van der Waals surface area contributed by atoms with Crippen LogP contribution in [0.5, 0.6) is 0 Å². The molecule has 0 fully saturated rings. The predicted octanol–water partition coefficient (Wildman–Crippen LogP) is 1.99. The maximum atomic E-state index is 12.0. The van der Waals surface area contributed by atoms with Crippen molar-refractivity contribution in [2.75, 3.05) is 10.5 Å². The summed E-state index contributed by atoms with van der Waals surface area (Å²) in [5, 5.41) is 8.37. The van der Waals surface area contributed by atoms with Crippen molar-refractivity contribution >= 4 is 48.1 Å². The fraction of sp³-hybridized carbons (Fsp3) is 0.111. The Morgan fingerprint density at radius 3 is 2.67 bits per heavy atom. The lowest BCUT2D eigenvalue weighted by Crippen LogP contribution is -2.13. The predicted molar refractivity (Wildman–Crippen MR) is 74.0 cm³/mol. The minimum absolute atomic E-state index is 0.108. The molecule has 18 heavy (non-hydrogen) atoms. The van der Waals surface area contributed by atoms with Crippen LogP contribution < -0.4 is 10.5 Å². The van der Waals surface area contributed by atoms with Crippen LogP contribution in [0.25, 0.3) is 0 Å². The van der Waals surface area contributed by atoms with Gasteiger partial charge >= 0.3 is 0 Å². The molecule has 0 saturated carbocycles. The van der Waals surface area contributed by atoms with Crippen molar-refractivity contribution < 1.29 is 8.42 Å². The molecule has 0 bridgehead atoms. The SMILES string of the molecule is Cc1nnc(NS(=O)(=O)c2ccc(N)c(Br)c2)s1. The summed E-state index contributed by atoms with van der Waals surface area (Å²) in [6.45, 7) is 1.75. The molecule has 0 radical (unpaired) electrons. The number of aromatic nitrogens is 2. The Morgan fingerprint density at radius 2 is 2.11 bits per heavy atom. The standard InChI is InChI=1S/C9H9BrN4O2S2/c1-5-12-13-9(17-5)14-18(15,16)6-2-3-8(11)7(10)4-6/h2-4H,11H2,1H3,(H,13,14). The third kappa shape index (κ3) is 2.79. The average Bonchev–Trinajstić information content (AvgIpc) is 2.67. The van der Waals surface area contributed by atoms with Crippen LogP contribution in [0, 0.1) is 6.92 Å². The Hall–Kier alpha value is -1.19. The molecule has 0 saturated heterocycles. The maximum absolute atomic E-state index is 12.0. The number of nitrogens with two attached hydrogens (primary N) is 1. The topological polar surface area (TPSA) is 98.0 Å². The number of hydrogen-bond donors (Lipinski definition) is 2. The van der Waals surface area contributed by atoms with E-state index in [9.17, 15) is 8.42 Å². The molecule has 1 aromatic heterocycles. The molecule has 2 rings (SSSR count). The summed E-state index contributed by atoms with van der Waals surface area (Å²) in [7, 11) is -3.67. The Balaban J connectivity index is 2.33. The second kappa shape index (κ2) is 4.82. The Labute approximate surface area is 116 Å². The second-order valence-corrected chi connectivity index (χ2v) is 7.13. The fourth-order valence-electron chi connectivity index (χ4n) is 1.19. The molecule has 0 aliphatic heterocycles. The van der Waals surface area contributed by atoms with Crippen LogP contribution in [0.15, 0.2) is 27.6 Å². The summed E-state index contributed by atoms with van der Waals surface area (Å²) >= 11 is 4.35. The summed E-state index contributed by atoms with van der Waals surface area (Å²) in [5.74, 6) is 0. The molecule has 0 aliphatic rings. The van der Waals surface area contributed by atoms with Gasteiger partial charge in [-0.05, 0) is 41.1 Å². The number of nitrogen functional groups attached to an aromatic ring is 1. The van der Waals surface area contributed by atoms with Gasteiger partial charge in [-0.1, -0.05) is 11.3 Å². The van der Waals surface area contributed by atoms with Gasteiger partial charge in [0.25, 0.3) is 10.0 Å². The summed E-state index contributed by atoms with van der Waals surface area (Å²) in [6, 6.07) is 4.38. The zero-order valence-corrected chi connectivity index (χ0v) is 12.4. The van der Waals surface area contributed by atoms with Crippen molar-refractivity contribution in [3.05, 3.63) is 27.7 Å². The number of nitrogens with one attached hydrogen (secondary N) is 1. The number of halogens is 1.